The molecule has 1 saturated carbocycles. The van der Waals surface area contributed by atoms with Crippen molar-refractivity contribution in [2.45, 2.75) is 83.0 Å². The fourth-order valence-corrected chi connectivity index (χ4v) is 4.15. The number of carbonyl (C=O) groups is 1. The first-order chi connectivity index (χ1) is 13.0. The summed E-state index contributed by atoms with van der Waals surface area (Å²) in [5.74, 6) is -0.525. The average Bonchev–Trinajstić information content (AvgIpc) is 2.95. The molecule has 0 bridgehead atoms. The number of hydrogen-bond donors (Lipinski definition) is 2. The Morgan fingerprint density at radius 2 is 2.04 bits per heavy atom. The lowest BCUT2D eigenvalue weighted by Gasteiger charge is -2.21. The number of aliphatic carboxylic acids is 1. The maximum atomic E-state index is 10.5. The molecule has 0 amide bonds. The minimum absolute atomic E-state index is 0.0209. The van der Waals surface area contributed by atoms with Crippen LogP contribution < -0.4 is 0 Å². The van der Waals surface area contributed by atoms with Gasteiger partial charge in [-0.05, 0) is 31.6 Å². The number of carboxylic acid groups (broad SMARTS) is 1. The molecule has 1 rings (SSSR count). The van der Waals surface area contributed by atoms with Crippen molar-refractivity contribution in [1.29, 1.82) is 0 Å². The fraction of sp³-hybridized carbons (Fsp3) is 0.750. The number of hydrogen-bond acceptors (Lipinski definition) is 4. The third-order valence-corrected chi connectivity index (χ3v) is 5.92. The van der Waals surface area contributed by atoms with E-state index in [1.807, 2.05) is 6.08 Å². The van der Waals surface area contributed by atoms with Crippen LogP contribution in [0, 0.1) is 11.8 Å². The number of carboxylic acids is 1. The molecule has 0 radical (unpaired) electrons. The summed E-state index contributed by atoms with van der Waals surface area (Å²) >= 11 is 0. The second-order valence-electron chi connectivity index (χ2n) is 7.27. The predicted molar refractivity (Wildman–Crippen MR) is 115 cm³/mol. The minimum atomic E-state index is -0.759. The quantitative estimate of drug-likeness (QED) is 0.244. The summed E-state index contributed by atoms with van der Waals surface area (Å²) in [7, 11) is 4.68. The molecule has 7 heteroatoms. The van der Waals surface area contributed by atoms with Gasteiger partial charge < -0.3 is 19.3 Å². The second kappa shape index (κ2) is 14.7. The van der Waals surface area contributed by atoms with Gasteiger partial charge in [0.05, 0.1) is 18.3 Å². The van der Waals surface area contributed by atoms with Crippen molar-refractivity contribution < 1.29 is 24.1 Å². The maximum Gasteiger partial charge on any atom is 0.303 e. The standard InChI is InChI=1S/C20H36O5P2/c1-2-3-6-9-15(24-26)12-13-17-16(18(21)14-19(17)25-27)10-7-4-5-8-11-20(22)23/h4,7,12-13,15-19,21H,2-3,5-6,8-11,14,26-27H2,1H3,(H,22,23)/t15?,16-,17-,18?,19?/m1/s1. The normalized spacial score (nSPS) is 27.0. The molecule has 2 N–H and O–H groups in total. The first-order valence-corrected chi connectivity index (χ1v) is 10.9. The van der Waals surface area contributed by atoms with E-state index in [1.54, 1.807) is 0 Å². The van der Waals surface area contributed by atoms with Crippen LogP contribution in [0.25, 0.3) is 0 Å². The van der Waals surface area contributed by atoms with E-state index < -0.39 is 12.1 Å². The van der Waals surface area contributed by atoms with Gasteiger partial charge in [-0.3, -0.25) is 4.79 Å². The van der Waals surface area contributed by atoms with E-state index in [4.69, 9.17) is 14.2 Å². The van der Waals surface area contributed by atoms with E-state index in [9.17, 15) is 9.90 Å². The van der Waals surface area contributed by atoms with Gasteiger partial charge in [0.25, 0.3) is 0 Å². The van der Waals surface area contributed by atoms with Gasteiger partial charge in [0.2, 0.25) is 0 Å². The third-order valence-electron chi connectivity index (χ3n) is 5.22. The molecule has 0 spiro atoms. The molecule has 0 heterocycles. The first kappa shape index (κ1) is 24.7. The minimum Gasteiger partial charge on any atom is -0.481 e. The van der Waals surface area contributed by atoms with Gasteiger partial charge in [-0.2, -0.15) is 0 Å². The van der Waals surface area contributed by atoms with E-state index in [0.29, 0.717) is 12.8 Å². The Kier molecular flexibility index (Phi) is 13.4. The van der Waals surface area contributed by atoms with E-state index in [-0.39, 0.29) is 30.5 Å². The second-order valence-corrected chi connectivity index (χ2v) is 7.81. The molecule has 0 aromatic carbocycles. The van der Waals surface area contributed by atoms with Crippen molar-refractivity contribution in [1.82, 2.24) is 0 Å². The van der Waals surface area contributed by atoms with E-state index in [2.05, 4.69) is 44.1 Å². The monoisotopic (exact) mass is 418 g/mol. The topological polar surface area (TPSA) is 76.0 Å². The number of aliphatic hydroxyl groups is 1. The Labute approximate surface area is 168 Å². The highest BCUT2D eigenvalue weighted by Crippen LogP contribution is 2.39. The molecular formula is C20H36O5P2. The zero-order chi connectivity index (χ0) is 20.1. The molecule has 156 valence electrons. The summed E-state index contributed by atoms with van der Waals surface area (Å²) in [4.78, 5) is 10.5. The van der Waals surface area contributed by atoms with Crippen molar-refractivity contribution in [2.24, 2.45) is 11.8 Å². The van der Waals surface area contributed by atoms with Crippen molar-refractivity contribution >= 4 is 24.9 Å². The van der Waals surface area contributed by atoms with Gasteiger partial charge in [-0.25, -0.2) is 0 Å². The van der Waals surface area contributed by atoms with Gasteiger partial charge in [0, 0.05) is 37.7 Å². The summed E-state index contributed by atoms with van der Waals surface area (Å²) in [6.07, 6.45) is 15.5. The molecule has 0 aromatic heterocycles. The van der Waals surface area contributed by atoms with Crippen molar-refractivity contribution in [3.05, 3.63) is 24.3 Å². The summed E-state index contributed by atoms with van der Waals surface area (Å²) in [6.45, 7) is 2.19. The van der Waals surface area contributed by atoms with Crippen LogP contribution in [0.3, 0.4) is 0 Å². The Bertz CT molecular complexity index is 469. The molecule has 5 unspecified atom stereocenters. The highest BCUT2D eigenvalue weighted by Gasteiger charge is 2.40. The molecule has 27 heavy (non-hydrogen) atoms. The Hall–Kier alpha value is -0.310. The molecular weight excluding hydrogens is 382 g/mol. The van der Waals surface area contributed by atoms with Gasteiger partial charge in [0.15, 0.2) is 0 Å². The summed E-state index contributed by atoms with van der Waals surface area (Å²) in [6, 6.07) is 0. The number of allylic oxidation sites excluding steroid dienone is 2. The molecule has 1 fully saturated rings. The van der Waals surface area contributed by atoms with Crippen LogP contribution in [0.1, 0.15) is 64.7 Å². The van der Waals surface area contributed by atoms with Gasteiger partial charge in [0.1, 0.15) is 0 Å². The van der Waals surface area contributed by atoms with Crippen LogP contribution in [0.2, 0.25) is 0 Å². The smallest absolute Gasteiger partial charge is 0.303 e. The molecule has 0 aliphatic heterocycles. The number of aliphatic hydroxyl groups excluding tert-OH is 1. The van der Waals surface area contributed by atoms with Crippen LogP contribution >= 0.6 is 18.9 Å². The Morgan fingerprint density at radius 1 is 1.26 bits per heavy atom. The van der Waals surface area contributed by atoms with Crippen LogP contribution in [-0.4, -0.2) is 34.5 Å². The van der Waals surface area contributed by atoms with Gasteiger partial charge >= 0.3 is 5.97 Å². The molecule has 0 aromatic rings. The van der Waals surface area contributed by atoms with Gasteiger partial charge in [-0.1, -0.05) is 50.5 Å². The number of unbranched alkanes of at least 4 members (excludes halogenated alkanes) is 3. The lowest BCUT2D eigenvalue weighted by molar-refractivity contribution is -0.137. The summed E-state index contributed by atoms with van der Waals surface area (Å²) in [5.41, 5.74) is 0. The molecule has 1 aliphatic rings. The molecule has 7 atom stereocenters. The van der Waals surface area contributed by atoms with E-state index in [1.165, 1.54) is 12.8 Å². The van der Waals surface area contributed by atoms with Crippen LogP contribution in [-0.2, 0) is 13.8 Å². The zero-order valence-corrected chi connectivity index (χ0v) is 18.6. The summed E-state index contributed by atoms with van der Waals surface area (Å²) < 4.78 is 11.0. The first-order valence-electron chi connectivity index (χ1n) is 9.97. The van der Waals surface area contributed by atoms with Crippen LogP contribution in [0.4, 0.5) is 0 Å². The summed E-state index contributed by atoms with van der Waals surface area (Å²) in [5, 5.41) is 19.1. The highest BCUT2D eigenvalue weighted by molar-refractivity contribution is 7.10. The zero-order valence-electron chi connectivity index (χ0n) is 16.3. The van der Waals surface area contributed by atoms with Crippen LogP contribution in [0.5, 0.6) is 0 Å². The lowest BCUT2D eigenvalue weighted by Crippen LogP contribution is -2.20. The third kappa shape index (κ3) is 9.63. The maximum absolute atomic E-state index is 10.5. The molecule has 1 aliphatic carbocycles. The van der Waals surface area contributed by atoms with E-state index >= 15 is 0 Å². The van der Waals surface area contributed by atoms with Crippen molar-refractivity contribution in [2.75, 3.05) is 0 Å². The predicted octanol–water partition coefficient (Wildman–Crippen LogP) is 4.67. The van der Waals surface area contributed by atoms with Crippen molar-refractivity contribution in [3.8, 4) is 0 Å². The van der Waals surface area contributed by atoms with Crippen molar-refractivity contribution in [3.63, 3.8) is 0 Å². The Morgan fingerprint density at radius 3 is 2.67 bits per heavy atom. The Balaban J connectivity index is 2.61. The highest BCUT2D eigenvalue weighted by atomic mass is 31.0. The number of rotatable bonds is 14. The van der Waals surface area contributed by atoms with Gasteiger partial charge in [-0.15, -0.1) is 0 Å². The molecule has 5 nitrogen and oxygen atoms in total. The largest absolute Gasteiger partial charge is 0.481 e. The SMILES string of the molecule is CCCCCC(C=C[C@H]1C(OP)CC(O)[C@@H]1CC=CCCCC(=O)O)OP. The lowest BCUT2D eigenvalue weighted by atomic mass is 9.89. The fourth-order valence-electron chi connectivity index (χ4n) is 3.63. The van der Waals surface area contributed by atoms with E-state index in [0.717, 1.165) is 25.7 Å². The average molecular weight is 418 g/mol. The van der Waals surface area contributed by atoms with Crippen LogP contribution in [0.15, 0.2) is 24.3 Å². The molecule has 0 saturated heterocycles.